The Morgan fingerprint density at radius 1 is 1.00 bits per heavy atom. The molecule has 33 heavy (non-hydrogen) atoms. The predicted molar refractivity (Wildman–Crippen MR) is 130 cm³/mol. The first-order valence-corrected chi connectivity index (χ1v) is 12.3. The topological polar surface area (TPSA) is 88.5 Å². The van der Waals surface area contributed by atoms with Gasteiger partial charge in [0, 0.05) is 42.8 Å². The van der Waals surface area contributed by atoms with Gasteiger partial charge in [0.2, 0.25) is 0 Å². The number of aryl methyl sites for hydroxylation is 1. The molecule has 2 aromatic carbocycles. The molecule has 1 atom stereocenters. The normalized spacial score (nSPS) is 16.7. The average molecular weight is 477 g/mol. The third-order valence-corrected chi connectivity index (χ3v) is 7.97. The zero-order chi connectivity index (χ0) is 24.4. The number of benzene rings is 2. The Kier molecular flexibility index (Phi) is 7.14. The van der Waals surface area contributed by atoms with E-state index in [2.05, 4.69) is 10.8 Å². The Morgan fingerprint density at radius 2 is 1.61 bits per heavy atom. The van der Waals surface area contributed by atoms with Gasteiger partial charge in [-0.2, -0.15) is 0 Å². The van der Waals surface area contributed by atoms with Gasteiger partial charge in [-0.15, -0.1) is 0 Å². The Morgan fingerprint density at radius 3 is 2.15 bits per heavy atom. The van der Waals surface area contributed by atoms with Crippen LogP contribution in [0.1, 0.15) is 19.4 Å². The molecule has 0 saturated carbocycles. The highest BCUT2D eigenvalue weighted by atomic mass is 32.2. The smallest absolute Gasteiger partial charge is 0.347 e. The number of aliphatic carboxylic acids is 1. The standard InChI is InChI=1S/C24H32N2O6S/c1-17-15-19(8-10-20(17)32-24(2,3)23(27)28)33(6,29)26-13-11-25(12-14-26)18-7-9-21(30-4)22(16-18)31-5/h7-10,15-16H,6,11-14H2,1-5H3,(H,27,28). The lowest BCUT2D eigenvalue weighted by atomic mass is 10.1. The molecule has 9 heteroatoms. The number of hydrogen-bond donors (Lipinski definition) is 1. The van der Waals surface area contributed by atoms with E-state index in [1.54, 1.807) is 39.3 Å². The zero-order valence-electron chi connectivity index (χ0n) is 19.8. The minimum Gasteiger partial charge on any atom is -0.493 e. The lowest BCUT2D eigenvalue weighted by Crippen LogP contribution is -2.48. The molecule has 0 aromatic heterocycles. The van der Waals surface area contributed by atoms with Crippen molar-refractivity contribution >= 4 is 27.2 Å². The summed E-state index contributed by atoms with van der Waals surface area (Å²) in [4.78, 5) is 14.2. The van der Waals surface area contributed by atoms with Crippen molar-refractivity contribution in [3.05, 3.63) is 42.0 Å². The summed E-state index contributed by atoms with van der Waals surface area (Å²) in [6.07, 6.45) is 0. The maximum Gasteiger partial charge on any atom is 0.347 e. The van der Waals surface area contributed by atoms with Crippen molar-refractivity contribution in [2.75, 3.05) is 45.3 Å². The summed E-state index contributed by atoms with van der Waals surface area (Å²) in [7, 11) is 0.515. The molecule has 8 nitrogen and oxygen atoms in total. The minimum absolute atomic E-state index is 0.444. The average Bonchev–Trinajstić information content (AvgIpc) is 2.79. The SMILES string of the molecule is C=S(=O)(c1ccc(OC(C)(C)C(=O)O)c(C)c1)N1CCN(c2ccc(OC)c(OC)c2)CC1. The van der Waals surface area contributed by atoms with E-state index in [1.807, 2.05) is 22.5 Å². The number of rotatable bonds is 8. The fraction of sp³-hybridized carbons (Fsp3) is 0.417. The fourth-order valence-corrected chi connectivity index (χ4v) is 5.36. The van der Waals surface area contributed by atoms with Crippen LogP contribution in [0.3, 0.4) is 0 Å². The third kappa shape index (κ3) is 5.20. The van der Waals surface area contributed by atoms with E-state index >= 15 is 0 Å². The first-order chi connectivity index (χ1) is 15.5. The van der Waals surface area contributed by atoms with E-state index in [9.17, 15) is 14.1 Å². The number of ether oxygens (including phenoxy) is 3. The molecule has 1 N–H and O–H groups in total. The predicted octanol–water partition coefficient (Wildman–Crippen LogP) is 3.07. The largest absolute Gasteiger partial charge is 0.493 e. The molecule has 0 bridgehead atoms. The molecule has 0 radical (unpaired) electrons. The Balaban J connectivity index is 1.72. The van der Waals surface area contributed by atoms with Gasteiger partial charge in [-0.25, -0.2) is 13.3 Å². The molecule has 1 fully saturated rings. The second-order valence-corrected chi connectivity index (χ2v) is 10.7. The van der Waals surface area contributed by atoms with Crippen LogP contribution in [-0.4, -0.2) is 71.5 Å². The number of nitrogens with zero attached hydrogens (tertiary/aromatic N) is 2. The maximum atomic E-state index is 13.7. The lowest BCUT2D eigenvalue weighted by molar-refractivity contribution is -0.152. The van der Waals surface area contributed by atoms with Crippen LogP contribution in [0.2, 0.25) is 0 Å². The zero-order valence-corrected chi connectivity index (χ0v) is 20.6. The first kappa shape index (κ1) is 24.7. The van der Waals surface area contributed by atoms with Crippen molar-refractivity contribution in [1.82, 2.24) is 4.31 Å². The number of carboxylic acids is 1. The molecular weight excluding hydrogens is 444 g/mol. The number of carboxylic acid groups (broad SMARTS) is 1. The fourth-order valence-electron chi connectivity index (χ4n) is 3.67. The molecule has 180 valence electrons. The van der Waals surface area contributed by atoms with Gasteiger partial charge < -0.3 is 24.2 Å². The molecule has 0 aliphatic carbocycles. The second kappa shape index (κ2) is 9.52. The number of hydrogen-bond acceptors (Lipinski definition) is 6. The molecule has 1 aliphatic heterocycles. The van der Waals surface area contributed by atoms with Crippen LogP contribution in [-0.2, 0) is 14.5 Å². The van der Waals surface area contributed by atoms with E-state index in [0.29, 0.717) is 53.9 Å². The third-order valence-electron chi connectivity index (χ3n) is 5.78. The van der Waals surface area contributed by atoms with E-state index in [0.717, 1.165) is 5.69 Å². The summed E-state index contributed by atoms with van der Waals surface area (Å²) in [6.45, 7) is 7.33. The van der Waals surface area contributed by atoms with E-state index in [4.69, 9.17) is 14.2 Å². The number of anilines is 1. The van der Waals surface area contributed by atoms with Crippen molar-refractivity contribution in [2.45, 2.75) is 31.3 Å². The van der Waals surface area contributed by atoms with Crippen LogP contribution in [0.5, 0.6) is 17.2 Å². The molecule has 0 amide bonds. The van der Waals surface area contributed by atoms with Crippen LogP contribution in [0.15, 0.2) is 41.3 Å². The second-order valence-electron chi connectivity index (χ2n) is 8.44. The van der Waals surface area contributed by atoms with Gasteiger partial charge in [0.15, 0.2) is 17.1 Å². The van der Waals surface area contributed by atoms with Crippen LogP contribution in [0.4, 0.5) is 5.69 Å². The molecule has 1 saturated heterocycles. The van der Waals surface area contributed by atoms with Crippen LogP contribution >= 0.6 is 0 Å². The Labute approximate surface area is 195 Å². The highest BCUT2D eigenvalue weighted by molar-refractivity contribution is 7.98. The quantitative estimate of drug-likeness (QED) is 0.586. The summed E-state index contributed by atoms with van der Waals surface area (Å²) < 4.78 is 31.9. The summed E-state index contributed by atoms with van der Waals surface area (Å²) in [6, 6.07) is 10.9. The number of carbonyl (C=O) groups is 1. The molecule has 1 unspecified atom stereocenters. The number of methoxy groups -OCH3 is 2. The first-order valence-electron chi connectivity index (χ1n) is 10.6. The monoisotopic (exact) mass is 476 g/mol. The van der Waals surface area contributed by atoms with E-state index in [1.165, 1.54) is 13.8 Å². The van der Waals surface area contributed by atoms with Crippen molar-refractivity contribution in [3.63, 3.8) is 0 Å². The molecular formula is C24H32N2O6S. The maximum absolute atomic E-state index is 13.7. The summed E-state index contributed by atoms with van der Waals surface area (Å²) in [5.74, 6) is 4.78. The van der Waals surface area contributed by atoms with Gasteiger partial charge >= 0.3 is 5.97 Å². The van der Waals surface area contributed by atoms with Gasteiger partial charge in [-0.05, 0) is 62.5 Å². The molecule has 1 heterocycles. The van der Waals surface area contributed by atoms with Crippen molar-refractivity contribution in [2.24, 2.45) is 0 Å². The summed E-state index contributed by atoms with van der Waals surface area (Å²) >= 11 is 0. The van der Waals surface area contributed by atoms with E-state index < -0.39 is 21.3 Å². The van der Waals surface area contributed by atoms with Gasteiger partial charge in [0.1, 0.15) is 5.75 Å². The summed E-state index contributed by atoms with van der Waals surface area (Å²) in [5, 5.41) is 9.30. The molecule has 0 spiro atoms. The highest BCUT2D eigenvalue weighted by Gasteiger charge is 2.30. The van der Waals surface area contributed by atoms with Crippen molar-refractivity contribution < 1.29 is 28.3 Å². The molecule has 2 aromatic rings. The Bertz CT molecular complexity index is 1120. The van der Waals surface area contributed by atoms with E-state index in [-0.39, 0.29) is 0 Å². The lowest BCUT2D eigenvalue weighted by Gasteiger charge is -2.37. The van der Waals surface area contributed by atoms with Crippen LogP contribution in [0.25, 0.3) is 0 Å². The highest BCUT2D eigenvalue weighted by Crippen LogP contribution is 2.33. The van der Waals surface area contributed by atoms with Crippen molar-refractivity contribution in [3.8, 4) is 17.2 Å². The molecule has 1 aliphatic rings. The van der Waals surface area contributed by atoms with Gasteiger partial charge in [0.05, 0.1) is 23.9 Å². The Hall–Kier alpha value is -2.91. The summed E-state index contributed by atoms with van der Waals surface area (Å²) in [5.41, 5.74) is 0.363. The van der Waals surface area contributed by atoms with Crippen molar-refractivity contribution in [1.29, 1.82) is 0 Å². The van der Waals surface area contributed by atoms with Gasteiger partial charge in [-0.3, -0.25) is 0 Å². The molecule has 3 rings (SSSR count). The minimum atomic E-state index is -2.70. The van der Waals surface area contributed by atoms with Crippen LogP contribution < -0.4 is 19.1 Å². The van der Waals surface area contributed by atoms with Crippen LogP contribution in [0, 0.1) is 6.92 Å². The van der Waals surface area contributed by atoms with Gasteiger partial charge in [-0.1, -0.05) is 0 Å². The van der Waals surface area contributed by atoms with Gasteiger partial charge in [0.25, 0.3) is 0 Å². The number of piperazine rings is 1.